The molecule has 1 atom stereocenters. The number of nitrogen functional groups attached to an aromatic ring is 1. The van der Waals surface area contributed by atoms with Crippen LogP contribution in [0.4, 0.5) is 11.6 Å². The molecular formula is C19H29N4O4S+. The van der Waals surface area contributed by atoms with E-state index >= 15 is 0 Å². The zero-order valence-electron chi connectivity index (χ0n) is 16.3. The van der Waals surface area contributed by atoms with E-state index in [1.807, 2.05) is 25.1 Å². The third-order valence-electron chi connectivity index (χ3n) is 4.20. The minimum absolute atomic E-state index is 0.0347. The van der Waals surface area contributed by atoms with Crippen molar-refractivity contribution in [2.24, 2.45) is 0 Å². The van der Waals surface area contributed by atoms with Gasteiger partial charge in [0.15, 0.2) is 0 Å². The third kappa shape index (κ3) is 7.32. The van der Waals surface area contributed by atoms with Gasteiger partial charge in [0.05, 0.1) is 6.07 Å². The smallest absolute Gasteiger partial charge is 0.353 e. The number of aryl methyl sites for hydroxylation is 1. The van der Waals surface area contributed by atoms with Gasteiger partial charge in [0.1, 0.15) is 0 Å². The summed E-state index contributed by atoms with van der Waals surface area (Å²) in [5, 5.41) is 3.29. The Balaban J connectivity index is 2.18. The Kier molecular flexibility index (Phi) is 8.01. The van der Waals surface area contributed by atoms with Gasteiger partial charge in [0, 0.05) is 12.5 Å². The molecule has 1 aromatic heterocycles. The Bertz CT molecular complexity index is 860. The quantitative estimate of drug-likeness (QED) is 0.296. The molecule has 4 N–H and O–H groups in total. The van der Waals surface area contributed by atoms with Gasteiger partial charge < -0.3 is 11.1 Å². The summed E-state index contributed by atoms with van der Waals surface area (Å²) in [7, 11) is -4.71. The summed E-state index contributed by atoms with van der Waals surface area (Å²) in [6.45, 7) is 4.14. The fourth-order valence-electron chi connectivity index (χ4n) is 2.96. The number of nitrogens with two attached hydrogens (primary N) is 1. The Labute approximate surface area is 166 Å². The van der Waals surface area contributed by atoms with Gasteiger partial charge in [0.2, 0.25) is 5.82 Å². The first-order valence-electron chi connectivity index (χ1n) is 9.47. The van der Waals surface area contributed by atoms with Crippen LogP contribution in [0.2, 0.25) is 0 Å². The fourth-order valence-corrected chi connectivity index (χ4v) is 3.32. The second-order valence-electron chi connectivity index (χ2n) is 6.82. The van der Waals surface area contributed by atoms with Crippen LogP contribution in [-0.4, -0.2) is 24.0 Å². The van der Waals surface area contributed by atoms with Gasteiger partial charge >= 0.3 is 10.4 Å². The van der Waals surface area contributed by atoms with Crippen LogP contribution in [-0.2, 0) is 23.2 Å². The van der Waals surface area contributed by atoms with Crippen LogP contribution in [0.25, 0.3) is 0 Å². The predicted molar refractivity (Wildman–Crippen MR) is 108 cm³/mol. The molecule has 0 spiro atoms. The van der Waals surface area contributed by atoms with Crippen LogP contribution in [0.5, 0.6) is 0 Å². The van der Waals surface area contributed by atoms with Gasteiger partial charge in [0.25, 0.3) is 11.6 Å². The molecule has 0 aliphatic carbocycles. The van der Waals surface area contributed by atoms with E-state index < -0.39 is 10.4 Å². The summed E-state index contributed by atoms with van der Waals surface area (Å²) in [5.74, 6) is 0.900. The lowest BCUT2D eigenvalue weighted by Crippen LogP contribution is -2.51. The van der Waals surface area contributed by atoms with Crippen molar-refractivity contribution in [1.29, 1.82) is 0 Å². The van der Waals surface area contributed by atoms with E-state index in [1.54, 1.807) is 0 Å². The topological polar surface area (TPSA) is 118 Å². The molecule has 1 heterocycles. The Hall–Kier alpha value is -2.39. The molecule has 0 aliphatic heterocycles. The van der Waals surface area contributed by atoms with Crippen molar-refractivity contribution in [2.45, 2.75) is 58.4 Å². The first kappa shape index (κ1) is 21.9. The lowest BCUT2D eigenvalue weighted by Gasteiger charge is -2.14. The highest BCUT2D eigenvalue weighted by atomic mass is 32.3. The second kappa shape index (κ2) is 10.2. The highest BCUT2D eigenvalue weighted by Gasteiger charge is 2.23. The Morgan fingerprint density at radius 1 is 1.25 bits per heavy atom. The van der Waals surface area contributed by atoms with Gasteiger partial charge in [-0.25, -0.2) is 4.28 Å². The molecule has 8 nitrogen and oxygen atoms in total. The van der Waals surface area contributed by atoms with Crippen LogP contribution in [0.1, 0.15) is 50.9 Å². The number of hydrogen-bond acceptors (Lipinski definition) is 6. The van der Waals surface area contributed by atoms with Gasteiger partial charge in [-0.1, -0.05) is 61.5 Å². The first-order valence-corrected chi connectivity index (χ1v) is 10.8. The van der Waals surface area contributed by atoms with E-state index in [4.69, 9.17) is 10.3 Å². The Morgan fingerprint density at radius 3 is 2.61 bits per heavy atom. The molecule has 1 aromatic carbocycles. The summed E-state index contributed by atoms with van der Waals surface area (Å²) in [4.78, 5) is 4.47. The number of hydrogen-bond donors (Lipinski definition) is 3. The molecule has 0 fully saturated rings. The van der Waals surface area contributed by atoms with Crippen molar-refractivity contribution >= 4 is 22.0 Å². The van der Waals surface area contributed by atoms with Crippen LogP contribution >= 0.6 is 0 Å². The summed E-state index contributed by atoms with van der Waals surface area (Å²) in [6, 6.07) is 11.6. The molecule has 154 valence electrons. The number of nitrogens with zero attached hydrogens (tertiary/aromatic N) is 2. The van der Waals surface area contributed by atoms with Crippen LogP contribution in [0, 0.1) is 0 Å². The number of anilines is 2. The van der Waals surface area contributed by atoms with E-state index in [0.717, 1.165) is 36.8 Å². The Morgan fingerprint density at radius 2 is 1.96 bits per heavy atom. The highest BCUT2D eigenvalue weighted by Crippen LogP contribution is 2.13. The number of aromatic nitrogens is 2. The minimum Gasteiger partial charge on any atom is -0.353 e. The van der Waals surface area contributed by atoms with Crippen LogP contribution in [0.3, 0.4) is 0 Å². The molecule has 0 radical (unpaired) electrons. The molecule has 28 heavy (non-hydrogen) atoms. The van der Waals surface area contributed by atoms with Crippen molar-refractivity contribution < 1.29 is 22.0 Å². The van der Waals surface area contributed by atoms with Gasteiger partial charge in [-0.15, -0.1) is 0 Å². The van der Waals surface area contributed by atoms with Crippen molar-refractivity contribution in [3.63, 3.8) is 0 Å². The molecule has 0 amide bonds. The van der Waals surface area contributed by atoms with Gasteiger partial charge in [-0.3, -0.25) is 4.55 Å². The fraction of sp³-hybridized carbons (Fsp3) is 0.474. The lowest BCUT2D eigenvalue weighted by atomic mass is 10.1. The van der Waals surface area contributed by atoms with Gasteiger partial charge in [-0.05, 0) is 30.1 Å². The summed E-state index contributed by atoms with van der Waals surface area (Å²) < 4.78 is 36.8. The molecule has 0 aliphatic rings. The molecule has 2 aromatic rings. The van der Waals surface area contributed by atoms with E-state index in [9.17, 15) is 8.42 Å². The third-order valence-corrected chi connectivity index (χ3v) is 4.54. The standard InChI is InChI=1S/C19H28N4O4S/c1-3-4-5-9-12-19-22-18(14-17(20)23(19)27-28(24,25)26)21-15(2)13-16-10-7-6-8-11-16/h6-8,10-11,14-15H,3-5,9,12-13H2,1-2H3,(H3,20,21,24,25,26)/p+1. The zero-order valence-corrected chi connectivity index (χ0v) is 17.2. The van der Waals surface area contributed by atoms with E-state index in [-0.39, 0.29) is 11.9 Å². The predicted octanol–water partition coefficient (Wildman–Crippen LogP) is 2.35. The average molecular weight is 410 g/mol. The van der Waals surface area contributed by atoms with E-state index in [2.05, 4.69) is 33.6 Å². The number of nitrogens with one attached hydrogen (secondary N) is 1. The van der Waals surface area contributed by atoms with Crippen molar-refractivity contribution in [2.75, 3.05) is 11.1 Å². The maximum Gasteiger partial charge on any atom is 0.476 e. The number of rotatable bonds is 11. The SMILES string of the molecule is CCCCCCc1nc(NC(C)Cc2ccccc2)cc(N)[n+]1OS(=O)(=O)O. The second-order valence-corrected chi connectivity index (χ2v) is 7.83. The lowest BCUT2D eigenvalue weighted by molar-refractivity contribution is -0.853. The summed E-state index contributed by atoms with van der Waals surface area (Å²) in [6.07, 6.45) is 5.20. The maximum atomic E-state index is 11.2. The minimum atomic E-state index is -4.71. The van der Waals surface area contributed by atoms with E-state index in [1.165, 1.54) is 11.6 Å². The van der Waals surface area contributed by atoms with Crippen LogP contribution in [0.15, 0.2) is 36.4 Å². The summed E-state index contributed by atoms with van der Waals surface area (Å²) in [5.41, 5.74) is 7.16. The molecule has 0 saturated carbocycles. The monoisotopic (exact) mass is 409 g/mol. The molecule has 9 heteroatoms. The number of benzene rings is 1. The molecular weight excluding hydrogens is 380 g/mol. The van der Waals surface area contributed by atoms with Crippen molar-refractivity contribution in [1.82, 2.24) is 4.98 Å². The summed E-state index contributed by atoms with van der Waals surface area (Å²) >= 11 is 0. The number of unbranched alkanes of at least 4 members (excludes halogenated alkanes) is 3. The average Bonchev–Trinajstić information content (AvgIpc) is 2.61. The van der Waals surface area contributed by atoms with Gasteiger partial charge in [-0.2, -0.15) is 8.42 Å². The normalized spacial score (nSPS) is 12.5. The largest absolute Gasteiger partial charge is 0.476 e. The zero-order chi connectivity index (χ0) is 20.6. The first-order chi connectivity index (χ1) is 13.3. The van der Waals surface area contributed by atoms with Crippen molar-refractivity contribution in [3.05, 3.63) is 47.8 Å². The maximum absolute atomic E-state index is 11.2. The molecule has 1 unspecified atom stereocenters. The van der Waals surface area contributed by atoms with Crippen molar-refractivity contribution in [3.8, 4) is 0 Å². The molecule has 0 saturated heterocycles. The van der Waals surface area contributed by atoms with E-state index in [0.29, 0.717) is 18.1 Å². The van der Waals surface area contributed by atoms with Crippen LogP contribution < -0.4 is 20.1 Å². The molecule has 0 bridgehead atoms. The molecule has 2 rings (SSSR count). The highest BCUT2D eigenvalue weighted by molar-refractivity contribution is 7.80.